The molecule has 0 aromatic heterocycles. The van der Waals surface area contributed by atoms with E-state index >= 15 is 0 Å². The molecule has 0 radical (unpaired) electrons. The highest BCUT2D eigenvalue weighted by atomic mass is 16.5. The van der Waals surface area contributed by atoms with Crippen LogP contribution in [0.2, 0.25) is 0 Å². The van der Waals surface area contributed by atoms with Crippen LogP contribution in [-0.4, -0.2) is 36.7 Å². The van der Waals surface area contributed by atoms with Crippen LogP contribution < -0.4 is 0 Å². The first-order chi connectivity index (χ1) is 7.24. The molecule has 0 aromatic carbocycles. The van der Waals surface area contributed by atoms with Crippen molar-refractivity contribution >= 4 is 0 Å². The molecule has 1 fully saturated rings. The van der Waals surface area contributed by atoms with Gasteiger partial charge in [0.15, 0.2) is 0 Å². The number of unbranched alkanes of at least 4 members (excludes halogenated alkanes) is 2. The average molecular weight is 213 g/mol. The van der Waals surface area contributed by atoms with Crippen LogP contribution >= 0.6 is 0 Å². The molecule has 1 rings (SSSR count). The van der Waals surface area contributed by atoms with Gasteiger partial charge in [0.1, 0.15) is 0 Å². The Labute approximate surface area is 95.0 Å². The van der Waals surface area contributed by atoms with E-state index in [9.17, 15) is 0 Å². The van der Waals surface area contributed by atoms with E-state index < -0.39 is 0 Å². The van der Waals surface area contributed by atoms with Crippen molar-refractivity contribution in [1.29, 1.82) is 0 Å². The van der Waals surface area contributed by atoms with Gasteiger partial charge in [-0.2, -0.15) is 0 Å². The number of piperidine rings is 1. The largest absolute Gasteiger partial charge is 0.378 e. The maximum absolute atomic E-state index is 5.89. The van der Waals surface area contributed by atoms with E-state index in [-0.39, 0.29) is 0 Å². The fourth-order valence-electron chi connectivity index (χ4n) is 2.16. The van der Waals surface area contributed by atoms with Gasteiger partial charge in [-0.1, -0.05) is 19.8 Å². The zero-order chi connectivity index (χ0) is 11.1. The first-order valence-electron chi connectivity index (χ1n) is 6.59. The average Bonchev–Trinajstić information content (AvgIpc) is 2.25. The first-order valence-corrected chi connectivity index (χ1v) is 6.59. The van der Waals surface area contributed by atoms with Gasteiger partial charge in [-0.15, -0.1) is 0 Å². The summed E-state index contributed by atoms with van der Waals surface area (Å²) >= 11 is 0. The topological polar surface area (TPSA) is 12.5 Å². The lowest BCUT2D eigenvalue weighted by molar-refractivity contribution is -0.0000262. The van der Waals surface area contributed by atoms with Crippen LogP contribution in [0.25, 0.3) is 0 Å². The van der Waals surface area contributed by atoms with Crippen LogP contribution in [0.15, 0.2) is 0 Å². The summed E-state index contributed by atoms with van der Waals surface area (Å²) in [6, 6.07) is 0.700. The summed E-state index contributed by atoms with van der Waals surface area (Å²) in [5.74, 6) is 0. The van der Waals surface area contributed by atoms with Crippen molar-refractivity contribution in [2.75, 3.05) is 19.7 Å². The maximum atomic E-state index is 5.89. The van der Waals surface area contributed by atoms with Gasteiger partial charge in [0, 0.05) is 25.7 Å². The zero-order valence-electron chi connectivity index (χ0n) is 10.7. The van der Waals surface area contributed by atoms with Crippen LogP contribution in [-0.2, 0) is 4.74 Å². The summed E-state index contributed by atoms with van der Waals surface area (Å²) in [5, 5.41) is 0. The van der Waals surface area contributed by atoms with E-state index in [1.54, 1.807) is 0 Å². The fraction of sp³-hybridized carbons (Fsp3) is 1.00. The monoisotopic (exact) mass is 213 g/mol. The Hall–Kier alpha value is -0.0800. The van der Waals surface area contributed by atoms with Gasteiger partial charge < -0.3 is 9.64 Å². The normalized spacial score (nSPS) is 20.0. The Kier molecular flexibility index (Phi) is 6.26. The standard InChI is InChI=1S/C13H27NO/c1-4-5-6-11-15-13-7-9-14(10-8-13)12(2)3/h12-13H,4-11H2,1-3H3. The van der Waals surface area contributed by atoms with Gasteiger partial charge in [0.2, 0.25) is 0 Å². The summed E-state index contributed by atoms with van der Waals surface area (Å²) in [7, 11) is 0. The molecule has 90 valence electrons. The van der Waals surface area contributed by atoms with E-state index in [0.29, 0.717) is 12.1 Å². The highest BCUT2D eigenvalue weighted by Crippen LogP contribution is 2.16. The van der Waals surface area contributed by atoms with Crippen molar-refractivity contribution in [2.24, 2.45) is 0 Å². The van der Waals surface area contributed by atoms with Crippen molar-refractivity contribution in [3.05, 3.63) is 0 Å². The molecule has 2 heteroatoms. The second-order valence-electron chi connectivity index (χ2n) is 4.91. The van der Waals surface area contributed by atoms with Crippen molar-refractivity contribution < 1.29 is 4.74 Å². The van der Waals surface area contributed by atoms with E-state index in [4.69, 9.17) is 4.74 Å². The molecule has 2 nitrogen and oxygen atoms in total. The molecule has 15 heavy (non-hydrogen) atoms. The molecule has 0 N–H and O–H groups in total. The predicted octanol–water partition coefficient (Wildman–Crippen LogP) is 3.07. The molecule has 0 aromatic rings. The third kappa shape index (κ3) is 4.98. The number of ether oxygens (including phenoxy) is 1. The summed E-state index contributed by atoms with van der Waals surface area (Å²) in [6.45, 7) is 10.2. The Balaban J connectivity index is 2.04. The molecule has 1 saturated heterocycles. The Bertz CT molecular complexity index is 151. The van der Waals surface area contributed by atoms with Crippen molar-refractivity contribution in [3.63, 3.8) is 0 Å². The molecule has 0 spiro atoms. The number of rotatable bonds is 6. The molecule has 0 aliphatic carbocycles. The minimum atomic E-state index is 0.539. The summed E-state index contributed by atoms with van der Waals surface area (Å²) < 4.78 is 5.89. The van der Waals surface area contributed by atoms with Gasteiger partial charge in [-0.25, -0.2) is 0 Å². The number of likely N-dealkylation sites (tertiary alicyclic amines) is 1. The zero-order valence-corrected chi connectivity index (χ0v) is 10.7. The second-order valence-corrected chi connectivity index (χ2v) is 4.91. The van der Waals surface area contributed by atoms with Crippen LogP contribution in [0.1, 0.15) is 52.9 Å². The number of hydrogen-bond donors (Lipinski definition) is 0. The Morgan fingerprint density at radius 1 is 1.20 bits per heavy atom. The van der Waals surface area contributed by atoms with E-state index in [0.717, 1.165) is 6.61 Å². The van der Waals surface area contributed by atoms with Crippen LogP contribution in [0.5, 0.6) is 0 Å². The highest BCUT2D eigenvalue weighted by Gasteiger charge is 2.20. The SMILES string of the molecule is CCCCCOC1CCN(C(C)C)CC1. The number of nitrogens with zero attached hydrogens (tertiary/aromatic N) is 1. The molecule has 1 aliphatic rings. The van der Waals surface area contributed by atoms with Gasteiger partial charge in [0.05, 0.1) is 6.10 Å². The molecular weight excluding hydrogens is 186 g/mol. The quantitative estimate of drug-likeness (QED) is 0.629. The third-order valence-corrected chi connectivity index (χ3v) is 3.31. The summed E-state index contributed by atoms with van der Waals surface area (Å²) in [5.41, 5.74) is 0. The summed E-state index contributed by atoms with van der Waals surface area (Å²) in [6.07, 6.45) is 6.83. The smallest absolute Gasteiger partial charge is 0.0599 e. The lowest BCUT2D eigenvalue weighted by Crippen LogP contribution is -2.40. The molecule has 1 aliphatic heterocycles. The Morgan fingerprint density at radius 2 is 1.87 bits per heavy atom. The van der Waals surface area contributed by atoms with Crippen LogP contribution in [0.3, 0.4) is 0 Å². The van der Waals surface area contributed by atoms with Crippen molar-refractivity contribution in [2.45, 2.75) is 65.0 Å². The molecule has 0 atom stereocenters. The molecule has 0 amide bonds. The van der Waals surface area contributed by atoms with E-state index in [1.165, 1.54) is 45.2 Å². The summed E-state index contributed by atoms with van der Waals surface area (Å²) in [4.78, 5) is 2.55. The lowest BCUT2D eigenvalue weighted by Gasteiger charge is -2.34. The van der Waals surface area contributed by atoms with E-state index in [1.807, 2.05) is 0 Å². The minimum Gasteiger partial charge on any atom is -0.378 e. The van der Waals surface area contributed by atoms with Gasteiger partial charge >= 0.3 is 0 Å². The molecule has 0 unspecified atom stereocenters. The molecule has 1 heterocycles. The van der Waals surface area contributed by atoms with Crippen LogP contribution in [0, 0.1) is 0 Å². The predicted molar refractivity (Wildman–Crippen MR) is 65.2 cm³/mol. The highest BCUT2D eigenvalue weighted by molar-refractivity contribution is 4.74. The van der Waals surface area contributed by atoms with Crippen LogP contribution in [0.4, 0.5) is 0 Å². The second kappa shape index (κ2) is 7.24. The molecule has 0 bridgehead atoms. The van der Waals surface area contributed by atoms with Crippen molar-refractivity contribution in [1.82, 2.24) is 4.90 Å². The number of hydrogen-bond acceptors (Lipinski definition) is 2. The Morgan fingerprint density at radius 3 is 2.40 bits per heavy atom. The van der Waals surface area contributed by atoms with Gasteiger partial charge in [-0.05, 0) is 33.1 Å². The van der Waals surface area contributed by atoms with Gasteiger partial charge in [-0.3, -0.25) is 0 Å². The molecule has 0 saturated carbocycles. The first kappa shape index (κ1) is 13.0. The molecular formula is C13H27NO. The van der Waals surface area contributed by atoms with Gasteiger partial charge in [0.25, 0.3) is 0 Å². The maximum Gasteiger partial charge on any atom is 0.0599 e. The minimum absolute atomic E-state index is 0.539. The lowest BCUT2D eigenvalue weighted by atomic mass is 10.1. The van der Waals surface area contributed by atoms with Crippen molar-refractivity contribution in [3.8, 4) is 0 Å². The van der Waals surface area contributed by atoms with E-state index in [2.05, 4.69) is 25.7 Å². The fourth-order valence-corrected chi connectivity index (χ4v) is 2.16. The third-order valence-electron chi connectivity index (χ3n) is 3.31.